The first-order chi connectivity index (χ1) is 9.52. The third-order valence-electron chi connectivity index (χ3n) is 3.95. The van der Waals surface area contributed by atoms with Crippen LogP contribution in [-0.4, -0.2) is 23.7 Å². The quantitative estimate of drug-likeness (QED) is 0.895. The van der Waals surface area contributed by atoms with Gasteiger partial charge in [0, 0.05) is 18.6 Å². The molecule has 20 heavy (non-hydrogen) atoms. The number of carbonyl (C=O) groups excluding carboxylic acids is 1. The molecule has 1 aliphatic carbocycles. The maximum atomic E-state index is 13.7. The van der Waals surface area contributed by atoms with Crippen LogP contribution in [0.15, 0.2) is 12.1 Å². The van der Waals surface area contributed by atoms with Gasteiger partial charge in [0.1, 0.15) is 11.6 Å². The number of benzene rings is 1. The highest BCUT2D eigenvalue weighted by atomic mass is 19.1. The average molecular weight is 283 g/mol. The second kappa shape index (κ2) is 6.31. The van der Waals surface area contributed by atoms with Crippen LogP contribution in [0.2, 0.25) is 0 Å². The van der Waals surface area contributed by atoms with Crippen LogP contribution in [0.3, 0.4) is 0 Å². The van der Waals surface area contributed by atoms with Gasteiger partial charge in [-0.25, -0.2) is 8.78 Å². The highest BCUT2D eigenvalue weighted by molar-refractivity contribution is 5.94. The summed E-state index contributed by atoms with van der Waals surface area (Å²) < 4.78 is 27.2. The van der Waals surface area contributed by atoms with Crippen LogP contribution in [0.5, 0.6) is 0 Å². The first kappa shape index (κ1) is 14.9. The van der Waals surface area contributed by atoms with Gasteiger partial charge < -0.3 is 10.4 Å². The number of amides is 1. The van der Waals surface area contributed by atoms with Gasteiger partial charge in [-0.3, -0.25) is 4.79 Å². The summed E-state index contributed by atoms with van der Waals surface area (Å²) in [5.74, 6) is -1.95. The number of hydrogen-bond donors (Lipinski definition) is 2. The van der Waals surface area contributed by atoms with Gasteiger partial charge in [-0.1, -0.05) is 12.8 Å². The van der Waals surface area contributed by atoms with Gasteiger partial charge in [0.2, 0.25) is 0 Å². The molecule has 110 valence electrons. The number of aliphatic hydroxyl groups is 1. The van der Waals surface area contributed by atoms with Crippen LogP contribution in [0.4, 0.5) is 8.78 Å². The number of rotatable bonds is 3. The fourth-order valence-electron chi connectivity index (χ4n) is 2.68. The van der Waals surface area contributed by atoms with E-state index in [0.29, 0.717) is 0 Å². The fourth-order valence-corrected chi connectivity index (χ4v) is 2.68. The zero-order chi connectivity index (χ0) is 14.7. The first-order valence-corrected chi connectivity index (χ1v) is 6.90. The van der Waals surface area contributed by atoms with E-state index in [1.54, 1.807) is 0 Å². The molecule has 1 aliphatic rings. The Morgan fingerprint density at radius 2 is 2.00 bits per heavy atom. The maximum absolute atomic E-state index is 13.7. The van der Waals surface area contributed by atoms with Crippen molar-refractivity contribution in [3.05, 3.63) is 34.9 Å². The van der Waals surface area contributed by atoms with Crippen LogP contribution in [0, 0.1) is 24.5 Å². The van der Waals surface area contributed by atoms with Gasteiger partial charge in [-0.15, -0.1) is 0 Å². The SMILES string of the molecule is Cc1cc(F)c(C(=O)NC2CCCCC2CO)cc1F. The highest BCUT2D eigenvalue weighted by Gasteiger charge is 2.27. The predicted octanol–water partition coefficient (Wildman–Crippen LogP) is 2.55. The average Bonchev–Trinajstić information content (AvgIpc) is 2.43. The summed E-state index contributed by atoms with van der Waals surface area (Å²) >= 11 is 0. The largest absolute Gasteiger partial charge is 0.396 e. The summed E-state index contributed by atoms with van der Waals surface area (Å²) in [6, 6.07) is 1.77. The minimum absolute atomic E-state index is 0.00428. The summed E-state index contributed by atoms with van der Waals surface area (Å²) in [6.45, 7) is 1.44. The molecule has 1 aromatic carbocycles. The normalized spacial score (nSPS) is 22.6. The minimum atomic E-state index is -0.724. The van der Waals surface area contributed by atoms with E-state index in [4.69, 9.17) is 0 Å². The molecule has 2 rings (SSSR count). The fraction of sp³-hybridized carbons (Fsp3) is 0.533. The molecular formula is C15H19F2NO2. The summed E-state index contributed by atoms with van der Waals surface area (Å²) in [4.78, 5) is 12.1. The molecule has 0 radical (unpaired) electrons. The standard InChI is InChI=1S/C15H19F2NO2/c1-9-6-13(17)11(7-12(9)16)15(20)18-14-5-3-2-4-10(14)8-19/h6-7,10,14,19H,2-5,8H2,1H3,(H,18,20). The van der Waals surface area contributed by atoms with E-state index in [-0.39, 0.29) is 29.7 Å². The molecule has 1 amide bonds. The van der Waals surface area contributed by atoms with E-state index in [1.807, 2.05) is 0 Å². The van der Waals surface area contributed by atoms with Gasteiger partial charge >= 0.3 is 0 Å². The second-order valence-corrected chi connectivity index (χ2v) is 5.39. The smallest absolute Gasteiger partial charge is 0.254 e. The topological polar surface area (TPSA) is 49.3 Å². The van der Waals surface area contributed by atoms with Crippen LogP contribution in [0.25, 0.3) is 0 Å². The lowest BCUT2D eigenvalue weighted by Crippen LogP contribution is -2.43. The zero-order valence-corrected chi connectivity index (χ0v) is 11.5. The van der Waals surface area contributed by atoms with E-state index in [9.17, 15) is 18.7 Å². The minimum Gasteiger partial charge on any atom is -0.396 e. The Morgan fingerprint density at radius 1 is 1.30 bits per heavy atom. The van der Waals surface area contributed by atoms with Crippen LogP contribution in [0.1, 0.15) is 41.6 Å². The molecule has 0 heterocycles. The third-order valence-corrected chi connectivity index (χ3v) is 3.95. The molecule has 0 aromatic heterocycles. The highest BCUT2D eigenvalue weighted by Crippen LogP contribution is 2.24. The van der Waals surface area contributed by atoms with Gasteiger partial charge in [-0.05, 0) is 37.5 Å². The number of carbonyl (C=O) groups is 1. The Labute approximate surface area is 117 Å². The van der Waals surface area contributed by atoms with Crippen molar-refractivity contribution in [1.29, 1.82) is 0 Å². The molecule has 2 atom stereocenters. The lowest BCUT2D eigenvalue weighted by Gasteiger charge is -2.30. The van der Waals surface area contributed by atoms with Crippen molar-refractivity contribution in [2.45, 2.75) is 38.6 Å². The van der Waals surface area contributed by atoms with Crippen molar-refractivity contribution < 1.29 is 18.7 Å². The second-order valence-electron chi connectivity index (χ2n) is 5.39. The Kier molecular flexibility index (Phi) is 4.70. The number of aliphatic hydroxyl groups excluding tert-OH is 1. The Morgan fingerprint density at radius 3 is 2.70 bits per heavy atom. The van der Waals surface area contributed by atoms with Crippen molar-refractivity contribution in [1.82, 2.24) is 5.32 Å². The molecule has 5 heteroatoms. The molecular weight excluding hydrogens is 264 g/mol. The molecule has 3 nitrogen and oxygen atoms in total. The summed E-state index contributed by atoms with van der Waals surface area (Å²) in [7, 11) is 0. The molecule has 1 fully saturated rings. The van der Waals surface area contributed by atoms with Crippen molar-refractivity contribution >= 4 is 5.91 Å². The van der Waals surface area contributed by atoms with E-state index in [2.05, 4.69) is 5.32 Å². The number of halogens is 2. The first-order valence-electron chi connectivity index (χ1n) is 6.90. The van der Waals surface area contributed by atoms with E-state index in [0.717, 1.165) is 37.8 Å². The van der Waals surface area contributed by atoms with Gasteiger partial charge in [0.15, 0.2) is 0 Å². The van der Waals surface area contributed by atoms with Crippen molar-refractivity contribution in [2.24, 2.45) is 5.92 Å². The Balaban J connectivity index is 2.13. The molecule has 0 bridgehead atoms. The van der Waals surface area contributed by atoms with Crippen LogP contribution in [-0.2, 0) is 0 Å². The van der Waals surface area contributed by atoms with E-state index in [1.165, 1.54) is 6.92 Å². The van der Waals surface area contributed by atoms with E-state index >= 15 is 0 Å². The molecule has 2 N–H and O–H groups in total. The Bertz CT molecular complexity index is 505. The lowest BCUT2D eigenvalue weighted by atomic mass is 9.85. The molecule has 1 aromatic rings. The molecule has 0 spiro atoms. The number of nitrogens with one attached hydrogen (secondary N) is 1. The van der Waals surface area contributed by atoms with Gasteiger partial charge in [0.25, 0.3) is 5.91 Å². The summed E-state index contributed by atoms with van der Waals surface area (Å²) in [5.41, 5.74) is -0.111. The van der Waals surface area contributed by atoms with E-state index < -0.39 is 17.5 Å². The van der Waals surface area contributed by atoms with Crippen molar-refractivity contribution in [3.63, 3.8) is 0 Å². The lowest BCUT2D eigenvalue weighted by molar-refractivity contribution is 0.0868. The molecule has 0 saturated heterocycles. The monoisotopic (exact) mass is 283 g/mol. The van der Waals surface area contributed by atoms with Crippen LogP contribution >= 0.6 is 0 Å². The van der Waals surface area contributed by atoms with Crippen LogP contribution < -0.4 is 5.32 Å². The van der Waals surface area contributed by atoms with Gasteiger partial charge in [0.05, 0.1) is 5.56 Å². The van der Waals surface area contributed by atoms with Crippen molar-refractivity contribution in [2.75, 3.05) is 6.61 Å². The van der Waals surface area contributed by atoms with Gasteiger partial charge in [-0.2, -0.15) is 0 Å². The zero-order valence-electron chi connectivity index (χ0n) is 11.5. The summed E-state index contributed by atoms with van der Waals surface area (Å²) in [6.07, 6.45) is 3.58. The summed E-state index contributed by atoms with van der Waals surface area (Å²) in [5, 5.41) is 12.0. The maximum Gasteiger partial charge on any atom is 0.254 e. The molecule has 1 saturated carbocycles. The Hall–Kier alpha value is -1.49. The predicted molar refractivity (Wildman–Crippen MR) is 71.4 cm³/mol. The van der Waals surface area contributed by atoms with Crippen molar-refractivity contribution in [3.8, 4) is 0 Å². The third kappa shape index (κ3) is 3.15. The molecule has 0 aliphatic heterocycles. The number of aryl methyl sites for hydroxylation is 1. The molecule has 2 unspecified atom stereocenters. The number of hydrogen-bond acceptors (Lipinski definition) is 2.